The third-order valence-corrected chi connectivity index (χ3v) is 5.28. The Hall–Kier alpha value is -2.01. The van der Waals surface area contributed by atoms with Crippen molar-refractivity contribution < 1.29 is 14.3 Å². The number of benzene rings is 2. The van der Waals surface area contributed by atoms with Crippen LogP contribution in [-0.2, 0) is 17.6 Å². The van der Waals surface area contributed by atoms with Crippen molar-refractivity contribution in [2.75, 3.05) is 13.2 Å². The number of carbonyl (C=O) groups is 1. The molecule has 4 rings (SSSR count). The molecular weight excluding hydrogens is 382 g/mol. The molecule has 1 aliphatic carbocycles. The first-order valence-corrected chi connectivity index (χ1v) is 9.44. The minimum absolute atomic E-state index is 0.0273. The van der Waals surface area contributed by atoms with Crippen LogP contribution in [0, 0.1) is 0 Å². The average Bonchev–Trinajstić information content (AvgIpc) is 3.08. The van der Waals surface area contributed by atoms with Gasteiger partial charge in [-0.2, -0.15) is 0 Å². The molecule has 25 heavy (non-hydrogen) atoms. The van der Waals surface area contributed by atoms with E-state index < -0.39 is 0 Å². The summed E-state index contributed by atoms with van der Waals surface area (Å²) in [6, 6.07) is 12.0. The highest BCUT2D eigenvalue weighted by Crippen LogP contribution is 2.34. The molecule has 4 nitrogen and oxygen atoms in total. The molecule has 2 aliphatic rings. The summed E-state index contributed by atoms with van der Waals surface area (Å²) >= 11 is 3.48. The van der Waals surface area contributed by atoms with Gasteiger partial charge in [0.05, 0.1) is 12.6 Å². The minimum Gasteiger partial charge on any atom is -0.493 e. The van der Waals surface area contributed by atoms with Gasteiger partial charge in [0.25, 0.3) is 5.91 Å². The van der Waals surface area contributed by atoms with Crippen LogP contribution >= 0.6 is 15.9 Å². The third-order valence-electron chi connectivity index (χ3n) is 4.79. The second-order valence-corrected chi connectivity index (χ2v) is 7.43. The van der Waals surface area contributed by atoms with Crippen LogP contribution in [0.15, 0.2) is 40.9 Å². The van der Waals surface area contributed by atoms with Crippen LogP contribution in [0.5, 0.6) is 11.5 Å². The Balaban J connectivity index is 1.38. The third kappa shape index (κ3) is 3.66. The van der Waals surface area contributed by atoms with Gasteiger partial charge in [-0.3, -0.25) is 4.79 Å². The molecule has 5 heteroatoms. The molecule has 1 atom stereocenters. The summed E-state index contributed by atoms with van der Waals surface area (Å²) in [5.74, 6) is 1.49. The first-order chi connectivity index (χ1) is 12.2. The SMILES string of the molecule is O=C(COc1ccc2c(c1)CCC2)NC1CCOc2ccc(Br)cc21. The zero-order valence-electron chi connectivity index (χ0n) is 13.9. The molecule has 0 saturated heterocycles. The number of halogens is 1. The number of carbonyl (C=O) groups excluding carboxylic acids is 1. The molecule has 2 aromatic rings. The van der Waals surface area contributed by atoms with E-state index in [-0.39, 0.29) is 18.6 Å². The van der Waals surface area contributed by atoms with Crippen molar-refractivity contribution in [3.8, 4) is 11.5 Å². The van der Waals surface area contributed by atoms with Gasteiger partial charge in [0, 0.05) is 16.5 Å². The van der Waals surface area contributed by atoms with Gasteiger partial charge in [-0.05, 0) is 60.7 Å². The van der Waals surface area contributed by atoms with E-state index in [0.717, 1.165) is 40.8 Å². The molecule has 1 N–H and O–H groups in total. The Labute approximate surface area is 155 Å². The van der Waals surface area contributed by atoms with Gasteiger partial charge >= 0.3 is 0 Å². The van der Waals surface area contributed by atoms with Gasteiger partial charge in [-0.1, -0.05) is 22.0 Å². The highest BCUT2D eigenvalue weighted by Gasteiger charge is 2.23. The Morgan fingerprint density at radius 3 is 3.00 bits per heavy atom. The zero-order valence-corrected chi connectivity index (χ0v) is 15.5. The van der Waals surface area contributed by atoms with Crippen molar-refractivity contribution >= 4 is 21.8 Å². The first-order valence-electron chi connectivity index (χ1n) is 8.65. The lowest BCUT2D eigenvalue weighted by Gasteiger charge is -2.27. The summed E-state index contributed by atoms with van der Waals surface area (Å²) in [5.41, 5.74) is 3.76. The molecule has 0 saturated carbocycles. The van der Waals surface area contributed by atoms with Crippen molar-refractivity contribution in [2.45, 2.75) is 31.7 Å². The van der Waals surface area contributed by atoms with Gasteiger partial charge in [0.15, 0.2) is 6.61 Å². The van der Waals surface area contributed by atoms with E-state index in [9.17, 15) is 4.79 Å². The lowest BCUT2D eigenvalue weighted by molar-refractivity contribution is -0.124. The average molecular weight is 402 g/mol. The minimum atomic E-state index is -0.113. The molecule has 0 radical (unpaired) electrons. The Kier molecular flexibility index (Phi) is 4.66. The van der Waals surface area contributed by atoms with E-state index in [2.05, 4.69) is 33.4 Å². The molecule has 1 aliphatic heterocycles. The molecule has 1 unspecified atom stereocenters. The number of rotatable bonds is 4. The highest BCUT2D eigenvalue weighted by atomic mass is 79.9. The smallest absolute Gasteiger partial charge is 0.258 e. The van der Waals surface area contributed by atoms with Crippen LogP contribution in [-0.4, -0.2) is 19.1 Å². The fraction of sp³-hybridized carbons (Fsp3) is 0.350. The Bertz CT molecular complexity index is 806. The molecule has 1 heterocycles. The molecule has 0 fully saturated rings. The largest absolute Gasteiger partial charge is 0.493 e. The Morgan fingerprint density at radius 1 is 1.20 bits per heavy atom. The predicted octanol–water partition coefficient (Wildman–Crippen LogP) is 3.96. The Morgan fingerprint density at radius 2 is 2.08 bits per heavy atom. The standard InChI is InChI=1S/C20H20BrNO3/c21-15-5-7-19-17(11-15)18(8-9-24-19)22-20(23)12-25-16-6-4-13-2-1-3-14(13)10-16/h4-7,10-11,18H,1-3,8-9,12H2,(H,22,23). The summed E-state index contributed by atoms with van der Waals surface area (Å²) in [4.78, 5) is 12.3. The maximum Gasteiger partial charge on any atom is 0.258 e. The summed E-state index contributed by atoms with van der Waals surface area (Å²) in [6.07, 6.45) is 4.22. The number of amides is 1. The summed E-state index contributed by atoms with van der Waals surface area (Å²) in [7, 11) is 0. The molecular formula is C20H20BrNO3. The van der Waals surface area contributed by atoms with Crippen LogP contribution in [0.1, 0.15) is 35.6 Å². The normalized spacial score (nSPS) is 18.0. The van der Waals surface area contributed by atoms with Gasteiger partial charge in [0.2, 0.25) is 0 Å². The van der Waals surface area contributed by atoms with Gasteiger partial charge in [-0.15, -0.1) is 0 Å². The van der Waals surface area contributed by atoms with E-state index in [1.165, 1.54) is 17.5 Å². The fourth-order valence-corrected chi connectivity index (χ4v) is 3.92. The fourth-order valence-electron chi connectivity index (χ4n) is 3.54. The highest BCUT2D eigenvalue weighted by molar-refractivity contribution is 9.10. The van der Waals surface area contributed by atoms with E-state index in [0.29, 0.717) is 6.61 Å². The molecule has 0 aromatic heterocycles. The molecule has 0 bridgehead atoms. The van der Waals surface area contributed by atoms with Crippen molar-refractivity contribution in [1.82, 2.24) is 5.32 Å². The molecule has 1 amide bonds. The second-order valence-electron chi connectivity index (χ2n) is 6.51. The van der Waals surface area contributed by atoms with Crippen LogP contribution in [0.25, 0.3) is 0 Å². The van der Waals surface area contributed by atoms with E-state index in [1.54, 1.807) is 0 Å². The van der Waals surface area contributed by atoms with Crippen molar-refractivity contribution in [2.24, 2.45) is 0 Å². The van der Waals surface area contributed by atoms with E-state index >= 15 is 0 Å². The van der Waals surface area contributed by atoms with Crippen molar-refractivity contribution in [1.29, 1.82) is 0 Å². The van der Waals surface area contributed by atoms with E-state index in [1.807, 2.05) is 24.3 Å². The van der Waals surface area contributed by atoms with Crippen molar-refractivity contribution in [3.63, 3.8) is 0 Å². The van der Waals surface area contributed by atoms with Gasteiger partial charge in [-0.25, -0.2) is 0 Å². The summed E-state index contributed by atoms with van der Waals surface area (Å²) in [5, 5.41) is 3.06. The van der Waals surface area contributed by atoms with E-state index in [4.69, 9.17) is 9.47 Å². The topological polar surface area (TPSA) is 47.6 Å². The lowest BCUT2D eigenvalue weighted by atomic mass is 10.0. The molecule has 2 aromatic carbocycles. The maximum atomic E-state index is 12.3. The number of hydrogen-bond donors (Lipinski definition) is 1. The second kappa shape index (κ2) is 7.08. The molecule has 130 valence electrons. The maximum absolute atomic E-state index is 12.3. The predicted molar refractivity (Wildman–Crippen MR) is 99.1 cm³/mol. The number of ether oxygens (including phenoxy) is 2. The lowest BCUT2D eigenvalue weighted by Crippen LogP contribution is -2.35. The van der Waals surface area contributed by atoms with Gasteiger partial charge in [0.1, 0.15) is 11.5 Å². The monoisotopic (exact) mass is 401 g/mol. The summed E-state index contributed by atoms with van der Waals surface area (Å²) in [6.45, 7) is 0.630. The number of fused-ring (bicyclic) bond motifs is 2. The quantitative estimate of drug-likeness (QED) is 0.843. The van der Waals surface area contributed by atoms with Crippen LogP contribution in [0.4, 0.5) is 0 Å². The number of aryl methyl sites for hydroxylation is 2. The number of nitrogens with one attached hydrogen (secondary N) is 1. The number of hydrogen-bond acceptors (Lipinski definition) is 3. The van der Waals surface area contributed by atoms with Gasteiger partial charge < -0.3 is 14.8 Å². The molecule has 0 spiro atoms. The van der Waals surface area contributed by atoms with Crippen LogP contribution in [0.2, 0.25) is 0 Å². The van der Waals surface area contributed by atoms with Crippen LogP contribution in [0.3, 0.4) is 0 Å². The first kappa shape index (κ1) is 16.5. The summed E-state index contributed by atoms with van der Waals surface area (Å²) < 4.78 is 12.3. The zero-order chi connectivity index (χ0) is 17.2. The van der Waals surface area contributed by atoms with Crippen LogP contribution < -0.4 is 14.8 Å². The van der Waals surface area contributed by atoms with Crippen molar-refractivity contribution in [3.05, 3.63) is 57.6 Å².